The van der Waals surface area contributed by atoms with E-state index in [1.54, 1.807) is 0 Å². The molecule has 3 rings (SSSR count). The van der Waals surface area contributed by atoms with Crippen LogP contribution in [-0.4, -0.2) is 32.1 Å². The molecule has 2 nitrogen and oxygen atoms in total. The molecule has 2 heterocycles. The highest BCUT2D eigenvalue weighted by Crippen LogP contribution is 2.28. The quantitative estimate of drug-likeness (QED) is 0.781. The highest BCUT2D eigenvalue weighted by atomic mass is 35.5. The fraction of sp³-hybridized carbons (Fsp3) is 0.462. The number of alkyl halides is 1. The fourth-order valence-electron chi connectivity index (χ4n) is 2.30. The first-order chi connectivity index (χ1) is 9.28. The van der Waals surface area contributed by atoms with E-state index in [-0.39, 0.29) is 0 Å². The molecule has 1 aliphatic rings. The fourth-order valence-corrected chi connectivity index (χ4v) is 5.33. The molecule has 6 heteroatoms. The molecule has 0 aliphatic carbocycles. The van der Waals surface area contributed by atoms with Crippen molar-refractivity contribution in [1.82, 2.24) is 9.55 Å². The van der Waals surface area contributed by atoms with E-state index < -0.39 is 0 Å². The summed E-state index contributed by atoms with van der Waals surface area (Å²) in [6, 6.07) is 5.87. The van der Waals surface area contributed by atoms with Gasteiger partial charge in [0.1, 0.15) is 5.82 Å². The Morgan fingerprint density at radius 3 is 3.00 bits per heavy atom. The lowest BCUT2D eigenvalue weighted by Gasteiger charge is -2.22. The zero-order valence-corrected chi connectivity index (χ0v) is 13.5. The number of fused-ring (bicyclic) bond motifs is 1. The number of imidazole rings is 1. The van der Waals surface area contributed by atoms with Crippen molar-refractivity contribution in [3.05, 3.63) is 29.0 Å². The van der Waals surface area contributed by atoms with Crippen LogP contribution in [0.2, 0.25) is 5.02 Å². The van der Waals surface area contributed by atoms with Crippen molar-refractivity contribution in [1.29, 1.82) is 0 Å². The second-order valence-corrected chi connectivity index (χ2v) is 7.73. The van der Waals surface area contributed by atoms with Crippen molar-refractivity contribution in [3.8, 4) is 0 Å². The van der Waals surface area contributed by atoms with Gasteiger partial charge in [0, 0.05) is 34.1 Å². The standard InChI is InChI=1S/C13H14Cl2N2S2/c14-6-13-16-11-5-9(15)1-2-12(11)17(13)7-10-8-18-3-4-19-10/h1-2,5,10H,3-4,6-8H2. The maximum Gasteiger partial charge on any atom is 0.124 e. The maximum absolute atomic E-state index is 6.03. The molecule has 19 heavy (non-hydrogen) atoms. The molecule has 0 N–H and O–H groups in total. The zero-order valence-electron chi connectivity index (χ0n) is 10.3. The third-order valence-electron chi connectivity index (χ3n) is 3.18. The van der Waals surface area contributed by atoms with E-state index in [0.717, 1.165) is 28.4 Å². The predicted octanol–water partition coefficient (Wildman–Crippen LogP) is 4.28. The Morgan fingerprint density at radius 2 is 2.26 bits per heavy atom. The second-order valence-electron chi connectivity index (χ2n) is 4.47. The first-order valence-corrected chi connectivity index (χ1v) is 9.29. The van der Waals surface area contributed by atoms with Crippen molar-refractivity contribution in [3.63, 3.8) is 0 Å². The van der Waals surface area contributed by atoms with Gasteiger partial charge in [-0.1, -0.05) is 11.6 Å². The van der Waals surface area contributed by atoms with Crippen molar-refractivity contribution >= 4 is 57.8 Å². The zero-order chi connectivity index (χ0) is 13.2. The SMILES string of the molecule is ClCc1nc2cc(Cl)ccc2n1CC1CSCCS1. The summed E-state index contributed by atoms with van der Waals surface area (Å²) in [5.74, 6) is 5.10. The molecule has 0 saturated carbocycles. The maximum atomic E-state index is 6.03. The molecule has 102 valence electrons. The van der Waals surface area contributed by atoms with Gasteiger partial charge in [-0.2, -0.15) is 23.5 Å². The van der Waals surface area contributed by atoms with Crippen LogP contribution in [-0.2, 0) is 12.4 Å². The van der Waals surface area contributed by atoms with Crippen LogP contribution in [0.25, 0.3) is 11.0 Å². The van der Waals surface area contributed by atoms with Gasteiger partial charge in [-0.25, -0.2) is 4.98 Å². The summed E-state index contributed by atoms with van der Waals surface area (Å²) in [5.41, 5.74) is 2.08. The van der Waals surface area contributed by atoms with Crippen LogP contribution in [0.3, 0.4) is 0 Å². The third-order valence-corrected chi connectivity index (χ3v) is 6.48. The summed E-state index contributed by atoms with van der Waals surface area (Å²) in [7, 11) is 0. The summed E-state index contributed by atoms with van der Waals surface area (Å²) in [6.45, 7) is 0.984. The van der Waals surface area contributed by atoms with Gasteiger partial charge < -0.3 is 4.57 Å². The highest BCUT2D eigenvalue weighted by Gasteiger charge is 2.18. The van der Waals surface area contributed by atoms with E-state index in [9.17, 15) is 0 Å². The van der Waals surface area contributed by atoms with Gasteiger partial charge >= 0.3 is 0 Å². The van der Waals surface area contributed by atoms with Crippen molar-refractivity contribution in [2.75, 3.05) is 17.3 Å². The Morgan fingerprint density at radius 1 is 1.37 bits per heavy atom. The van der Waals surface area contributed by atoms with Crippen LogP contribution in [0.5, 0.6) is 0 Å². The number of nitrogens with zero attached hydrogens (tertiary/aromatic N) is 2. The van der Waals surface area contributed by atoms with Crippen LogP contribution < -0.4 is 0 Å². The number of hydrogen-bond donors (Lipinski definition) is 0. The van der Waals surface area contributed by atoms with Crippen molar-refractivity contribution in [2.24, 2.45) is 0 Å². The number of halogens is 2. The van der Waals surface area contributed by atoms with Crippen molar-refractivity contribution in [2.45, 2.75) is 17.7 Å². The lowest BCUT2D eigenvalue weighted by Crippen LogP contribution is -2.21. The Kier molecular flexibility index (Phi) is 4.52. The minimum Gasteiger partial charge on any atom is -0.326 e. The first kappa shape index (κ1) is 13.9. The Bertz CT molecular complexity index is 579. The molecule has 0 spiro atoms. The number of hydrogen-bond acceptors (Lipinski definition) is 3. The van der Waals surface area contributed by atoms with Crippen molar-refractivity contribution < 1.29 is 0 Å². The van der Waals surface area contributed by atoms with Crippen LogP contribution in [0.1, 0.15) is 5.82 Å². The summed E-state index contributed by atoms with van der Waals surface area (Å²) in [6.07, 6.45) is 0. The summed E-state index contributed by atoms with van der Waals surface area (Å²) in [5, 5.41) is 1.37. The molecule has 2 aromatic rings. The van der Waals surface area contributed by atoms with Gasteiger partial charge in [-0.15, -0.1) is 11.6 Å². The number of rotatable bonds is 3. The van der Waals surface area contributed by atoms with Crippen LogP contribution >= 0.6 is 46.7 Å². The van der Waals surface area contributed by atoms with Gasteiger partial charge in [0.25, 0.3) is 0 Å². The predicted molar refractivity (Wildman–Crippen MR) is 87.9 cm³/mol. The highest BCUT2D eigenvalue weighted by molar-refractivity contribution is 8.06. The summed E-state index contributed by atoms with van der Waals surface area (Å²) >= 11 is 16.1. The van der Waals surface area contributed by atoms with E-state index in [1.807, 2.05) is 30.0 Å². The Balaban J connectivity index is 1.95. The average Bonchev–Trinajstić information content (AvgIpc) is 2.77. The van der Waals surface area contributed by atoms with Crippen LogP contribution in [0.4, 0.5) is 0 Å². The van der Waals surface area contributed by atoms with Gasteiger partial charge in [0.15, 0.2) is 0 Å². The van der Waals surface area contributed by atoms with Gasteiger partial charge in [0.2, 0.25) is 0 Å². The van der Waals surface area contributed by atoms with E-state index >= 15 is 0 Å². The van der Waals surface area contributed by atoms with E-state index in [0.29, 0.717) is 11.1 Å². The van der Waals surface area contributed by atoms with E-state index in [4.69, 9.17) is 23.2 Å². The first-order valence-electron chi connectivity index (χ1n) is 6.18. The topological polar surface area (TPSA) is 17.8 Å². The lowest BCUT2D eigenvalue weighted by molar-refractivity contribution is 0.687. The van der Waals surface area contributed by atoms with Gasteiger partial charge in [0.05, 0.1) is 16.9 Å². The van der Waals surface area contributed by atoms with Crippen LogP contribution in [0.15, 0.2) is 18.2 Å². The molecule has 1 aromatic carbocycles. The van der Waals surface area contributed by atoms with Crippen LogP contribution in [0, 0.1) is 0 Å². The number of thioether (sulfide) groups is 2. The minimum absolute atomic E-state index is 0.441. The molecule has 1 aromatic heterocycles. The normalized spacial score (nSPS) is 20.0. The average molecular weight is 333 g/mol. The molecule has 0 bridgehead atoms. The molecular formula is C13H14Cl2N2S2. The molecule has 1 aliphatic heterocycles. The molecule has 1 fully saturated rings. The second kappa shape index (κ2) is 6.17. The monoisotopic (exact) mass is 332 g/mol. The van der Waals surface area contributed by atoms with E-state index in [2.05, 4.69) is 21.3 Å². The Hall–Kier alpha value is -0.0300. The third kappa shape index (κ3) is 3.02. The lowest BCUT2D eigenvalue weighted by atomic mass is 10.3. The molecule has 1 unspecified atom stereocenters. The van der Waals surface area contributed by atoms with Gasteiger partial charge in [-0.05, 0) is 18.2 Å². The minimum atomic E-state index is 0.441. The summed E-state index contributed by atoms with van der Waals surface area (Å²) < 4.78 is 2.25. The molecule has 1 atom stereocenters. The smallest absolute Gasteiger partial charge is 0.124 e. The number of aromatic nitrogens is 2. The van der Waals surface area contributed by atoms with Gasteiger partial charge in [-0.3, -0.25) is 0 Å². The Labute approximate surface area is 131 Å². The molecule has 0 amide bonds. The molecule has 1 saturated heterocycles. The molecule has 0 radical (unpaired) electrons. The summed E-state index contributed by atoms with van der Waals surface area (Å²) in [4.78, 5) is 4.59. The molecular weight excluding hydrogens is 319 g/mol. The van der Waals surface area contributed by atoms with E-state index in [1.165, 1.54) is 17.3 Å². The largest absolute Gasteiger partial charge is 0.326 e. The number of benzene rings is 1.